The average Bonchev–Trinajstić information content (AvgIpc) is 3.26. The van der Waals surface area contributed by atoms with Gasteiger partial charge < -0.3 is 14.8 Å². The Morgan fingerprint density at radius 1 is 1.15 bits per heavy atom. The lowest BCUT2D eigenvalue weighted by Gasteiger charge is -2.20. The number of furan rings is 1. The Labute approximate surface area is 184 Å². The largest absolute Gasteiger partial charge is 0.506 e. The molecule has 0 spiro atoms. The van der Waals surface area contributed by atoms with Crippen molar-refractivity contribution in [2.24, 2.45) is 4.40 Å². The molecule has 0 amide bonds. The molecule has 1 aliphatic rings. The molecule has 5 rings (SSSR count). The Kier molecular flexibility index (Phi) is 4.49. The number of aromatic nitrogens is 2. The molecule has 12 nitrogen and oxygen atoms in total. The Morgan fingerprint density at radius 2 is 1.94 bits per heavy atom. The van der Waals surface area contributed by atoms with E-state index in [9.17, 15) is 28.4 Å². The van der Waals surface area contributed by atoms with Crippen molar-refractivity contribution in [3.05, 3.63) is 86.5 Å². The highest BCUT2D eigenvalue weighted by atomic mass is 32.2. The van der Waals surface area contributed by atoms with Gasteiger partial charge in [-0.15, -0.1) is 4.40 Å². The molecule has 0 saturated heterocycles. The minimum atomic E-state index is -4.15. The Hall–Kier alpha value is -4.52. The summed E-state index contributed by atoms with van der Waals surface area (Å²) in [5.74, 6) is -1.29. The van der Waals surface area contributed by atoms with Gasteiger partial charge in [-0.3, -0.25) is 19.5 Å². The molecule has 0 unspecified atom stereocenters. The van der Waals surface area contributed by atoms with Gasteiger partial charge in [0, 0.05) is 6.20 Å². The fourth-order valence-corrected chi connectivity index (χ4v) is 4.68. The van der Waals surface area contributed by atoms with E-state index in [4.69, 9.17) is 4.42 Å². The van der Waals surface area contributed by atoms with Crippen molar-refractivity contribution < 1.29 is 22.9 Å². The summed E-state index contributed by atoms with van der Waals surface area (Å²) in [6.45, 7) is -0.260. The predicted octanol–water partition coefficient (Wildman–Crippen LogP) is 2.21. The van der Waals surface area contributed by atoms with Crippen LogP contribution in [0.2, 0.25) is 0 Å². The second-order valence-electron chi connectivity index (χ2n) is 7.02. The third-order valence-corrected chi connectivity index (χ3v) is 6.34. The van der Waals surface area contributed by atoms with Gasteiger partial charge in [-0.2, -0.15) is 8.42 Å². The van der Waals surface area contributed by atoms with Gasteiger partial charge in [0.1, 0.15) is 32.5 Å². The average molecular weight is 467 g/mol. The summed E-state index contributed by atoms with van der Waals surface area (Å²) in [6, 6.07) is 11.5. The maximum atomic E-state index is 13.4. The molecule has 4 heterocycles. The first-order valence-electron chi connectivity index (χ1n) is 9.41. The van der Waals surface area contributed by atoms with E-state index in [0.717, 1.165) is 10.6 Å². The number of hydrogen-bond acceptors (Lipinski definition) is 9. The molecule has 1 aliphatic heterocycles. The van der Waals surface area contributed by atoms with Crippen LogP contribution in [-0.2, 0) is 16.6 Å². The quantitative estimate of drug-likeness (QED) is 0.337. The van der Waals surface area contributed by atoms with Crippen molar-refractivity contribution >= 4 is 38.5 Å². The van der Waals surface area contributed by atoms with Crippen LogP contribution in [0.15, 0.2) is 73.2 Å². The number of amidine groups is 1. The minimum absolute atomic E-state index is 0.0704. The Balaban J connectivity index is 1.73. The minimum Gasteiger partial charge on any atom is -0.506 e. The number of anilines is 1. The summed E-state index contributed by atoms with van der Waals surface area (Å²) in [4.78, 5) is 27.7. The van der Waals surface area contributed by atoms with Gasteiger partial charge in [-0.25, -0.2) is 4.98 Å². The summed E-state index contributed by atoms with van der Waals surface area (Å²) >= 11 is 0. The summed E-state index contributed by atoms with van der Waals surface area (Å²) in [7, 11) is -4.15. The maximum Gasteiger partial charge on any atom is 0.433 e. The number of pyridine rings is 2. The number of fused-ring (bicyclic) bond motifs is 2. The van der Waals surface area contributed by atoms with E-state index in [1.54, 1.807) is 6.07 Å². The van der Waals surface area contributed by atoms with Gasteiger partial charge in [-0.1, -0.05) is 12.1 Å². The number of nitro groups is 1. The Bertz CT molecular complexity index is 1650. The van der Waals surface area contributed by atoms with Crippen LogP contribution in [0.3, 0.4) is 0 Å². The maximum absolute atomic E-state index is 13.4. The highest BCUT2D eigenvalue weighted by molar-refractivity contribution is 7.90. The van der Waals surface area contributed by atoms with E-state index in [0.29, 0.717) is 0 Å². The Morgan fingerprint density at radius 3 is 2.70 bits per heavy atom. The summed E-state index contributed by atoms with van der Waals surface area (Å²) < 4.78 is 35.3. The van der Waals surface area contributed by atoms with E-state index in [1.807, 2.05) is 0 Å². The predicted molar refractivity (Wildman–Crippen MR) is 116 cm³/mol. The molecule has 0 saturated carbocycles. The van der Waals surface area contributed by atoms with Crippen molar-refractivity contribution in [3.8, 4) is 5.75 Å². The normalized spacial score (nSPS) is 14.4. The summed E-state index contributed by atoms with van der Waals surface area (Å²) in [5.41, 5.74) is -0.948. The van der Waals surface area contributed by atoms with Crippen molar-refractivity contribution in [3.63, 3.8) is 0 Å². The third kappa shape index (κ3) is 3.30. The van der Waals surface area contributed by atoms with Gasteiger partial charge >= 0.3 is 5.88 Å². The van der Waals surface area contributed by atoms with Crippen molar-refractivity contribution in [2.45, 2.75) is 11.4 Å². The van der Waals surface area contributed by atoms with Crippen LogP contribution in [0.5, 0.6) is 5.75 Å². The van der Waals surface area contributed by atoms with Gasteiger partial charge in [0.25, 0.3) is 15.6 Å². The first-order valence-corrected chi connectivity index (χ1v) is 10.9. The van der Waals surface area contributed by atoms with E-state index in [2.05, 4.69) is 14.7 Å². The second-order valence-corrected chi connectivity index (χ2v) is 8.60. The van der Waals surface area contributed by atoms with Crippen LogP contribution in [-0.4, -0.2) is 33.8 Å². The number of nitrogens with zero attached hydrogens (tertiary/aromatic N) is 4. The number of benzene rings is 1. The molecule has 3 aromatic heterocycles. The third-order valence-electron chi connectivity index (χ3n) is 5.00. The SMILES string of the molecule is O=c1c(C2=NS(=O)(=O)c3ccccc3N2)c(O)c2cccnc2n1Cc1ccc([N+](=O)[O-])o1. The molecular weight excluding hydrogens is 454 g/mol. The summed E-state index contributed by atoms with van der Waals surface area (Å²) in [6.07, 6.45) is 1.40. The highest BCUT2D eigenvalue weighted by Crippen LogP contribution is 2.32. The molecule has 1 aromatic carbocycles. The van der Waals surface area contributed by atoms with E-state index >= 15 is 0 Å². The molecule has 0 atom stereocenters. The van der Waals surface area contributed by atoms with Gasteiger partial charge in [0.15, 0.2) is 5.84 Å². The number of aromatic hydroxyl groups is 1. The van der Waals surface area contributed by atoms with Crippen LogP contribution in [0.1, 0.15) is 11.3 Å². The molecule has 4 aromatic rings. The van der Waals surface area contributed by atoms with Crippen molar-refractivity contribution in [1.82, 2.24) is 9.55 Å². The van der Waals surface area contributed by atoms with Crippen LogP contribution < -0.4 is 10.9 Å². The first-order chi connectivity index (χ1) is 15.8. The van der Waals surface area contributed by atoms with Crippen LogP contribution >= 0.6 is 0 Å². The van der Waals surface area contributed by atoms with Crippen molar-refractivity contribution in [2.75, 3.05) is 5.32 Å². The molecule has 33 heavy (non-hydrogen) atoms. The fraction of sp³-hybridized carbons (Fsp3) is 0.0500. The first kappa shape index (κ1) is 20.4. The standard InChI is InChI=1S/C20H13N5O7S/c26-17-12-4-3-9-21-19(12)24(10-11-7-8-15(32-11)25(28)29)20(27)16(17)18-22-13-5-1-2-6-14(13)33(30,31)23-18/h1-9,26H,10H2,(H,22,23). The van der Waals surface area contributed by atoms with Crippen molar-refractivity contribution in [1.29, 1.82) is 0 Å². The lowest BCUT2D eigenvalue weighted by Crippen LogP contribution is -2.33. The molecule has 0 radical (unpaired) electrons. The number of para-hydroxylation sites is 1. The van der Waals surface area contributed by atoms with E-state index < -0.39 is 37.7 Å². The zero-order valence-electron chi connectivity index (χ0n) is 16.5. The molecule has 2 N–H and O–H groups in total. The van der Waals surface area contributed by atoms with E-state index in [1.165, 1.54) is 42.6 Å². The summed E-state index contributed by atoms with van der Waals surface area (Å²) in [5, 5.41) is 24.8. The number of nitrogens with one attached hydrogen (secondary N) is 1. The molecule has 166 valence electrons. The highest BCUT2D eigenvalue weighted by Gasteiger charge is 2.30. The van der Waals surface area contributed by atoms with Gasteiger partial charge in [0.05, 0.1) is 23.7 Å². The molecule has 0 fully saturated rings. The smallest absolute Gasteiger partial charge is 0.433 e. The van der Waals surface area contributed by atoms with Crippen LogP contribution in [0.25, 0.3) is 11.0 Å². The zero-order valence-corrected chi connectivity index (χ0v) is 17.3. The number of hydrogen-bond donors (Lipinski definition) is 2. The molecular formula is C20H13N5O7S. The van der Waals surface area contributed by atoms with E-state index in [-0.39, 0.29) is 39.8 Å². The second kappa shape index (κ2) is 7.27. The monoisotopic (exact) mass is 467 g/mol. The molecule has 0 aliphatic carbocycles. The zero-order chi connectivity index (χ0) is 23.3. The fourth-order valence-electron chi connectivity index (χ4n) is 3.55. The van der Waals surface area contributed by atoms with Crippen LogP contribution in [0.4, 0.5) is 11.6 Å². The lowest BCUT2D eigenvalue weighted by atomic mass is 10.1. The topological polar surface area (TPSA) is 170 Å². The number of sulfonamides is 1. The molecule has 13 heteroatoms. The van der Waals surface area contributed by atoms with Gasteiger partial charge in [0.2, 0.25) is 0 Å². The molecule has 0 bridgehead atoms. The number of rotatable bonds is 4. The lowest BCUT2D eigenvalue weighted by molar-refractivity contribution is -0.402. The van der Waals surface area contributed by atoms with Gasteiger partial charge in [-0.05, 0) is 30.3 Å². The van der Waals surface area contributed by atoms with Crippen LogP contribution in [0, 0.1) is 10.1 Å².